The van der Waals surface area contributed by atoms with E-state index < -0.39 is 5.60 Å². The monoisotopic (exact) mass is 395 g/mol. The van der Waals surface area contributed by atoms with Crippen molar-refractivity contribution in [2.45, 2.75) is 26.0 Å². The van der Waals surface area contributed by atoms with E-state index in [1.165, 1.54) is 4.68 Å². The fourth-order valence-corrected chi connectivity index (χ4v) is 3.44. The number of aliphatic hydroxyl groups is 1. The van der Waals surface area contributed by atoms with Gasteiger partial charge in [-0.25, -0.2) is 19.3 Å². The van der Waals surface area contributed by atoms with Crippen LogP contribution in [-0.4, -0.2) is 55.6 Å². The van der Waals surface area contributed by atoms with E-state index >= 15 is 0 Å². The molecule has 0 amide bonds. The van der Waals surface area contributed by atoms with Crippen molar-refractivity contribution in [2.75, 3.05) is 31.1 Å². The van der Waals surface area contributed by atoms with Crippen LogP contribution in [0.25, 0.3) is 16.9 Å². The van der Waals surface area contributed by atoms with Gasteiger partial charge in [0.1, 0.15) is 11.0 Å². The summed E-state index contributed by atoms with van der Waals surface area (Å²) in [7, 11) is 0. The second-order valence-corrected chi connectivity index (χ2v) is 7.57. The van der Waals surface area contributed by atoms with Crippen molar-refractivity contribution in [3.63, 3.8) is 0 Å². The van der Waals surface area contributed by atoms with Crippen LogP contribution in [0.2, 0.25) is 0 Å². The van der Waals surface area contributed by atoms with Crippen LogP contribution < -0.4 is 15.8 Å². The molecule has 0 aliphatic carbocycles. The van der Waals surface area contributed by atoms with E-state index in [2.05, 4.69) is 26.8 Å². The lowest BCUT2D eigenvalue weighted by Crippen LogP contribution is -2.44. The highest BCUT2D eigenvalue weighted by Crippen LogP contribution is 2.21. The quantitative estimate of drug-likeness (QED) is 0.616. The lowest BCUT2D eigenvalue weighted by molar-refractivity contribution is 0.0738. The van der Waals surface area contributed by atoms with Gasteiger partial charge in [-0.3, -0.25) is 4.79 Å². The lowest BCUT2D eigenvalue weighted by atomic mass is 10.1. The van der Waals surface area contributed by atoms with Crippen LogP contribution in [0.15, 0.2) is 41.8 Å². The number of hydrogen-bond donors (Lipinski definition) is 2. The first-order valence-electron chi connectivity index (χ1n) is 9.65. The van der Waals surface area contributed by atoms with Crippen LogP contribution >= 0.6 is 0 Å². The summed E-state index contributed by atoms with van der Waals surface area (Å²) in [5.74, 6) is 1.09. The van der Waals surface area contributed by atoms with Gasteiger partial charge in [0, 0.05) is 32.4 Å². The average Bonchev–Trinajstić information content (AvgIpc) is 3.00. The highest BCUT2D eigenvalue weighted by molar-refractivity contribution is 5.76. The van der Waals surface area contributed by atoms with E-state index in [1.807, 2.05) is 6.07 Å². The second-order valence-electron chi connectivity index (χ2n) is 7.57. The van der Waals surface area contributed by atoms with Crippen LogP contribution in [-0.2, 0) is 12.1 Å². The minimum atomic E-state index is -1.11. The number of nitrogens with zero attached hydrogens (tertiary/aromatic N) is 6. The molecule has 0 aromatic carbocycles. The number of hydrogen-bond acceptors (Lipinski definition) is 7. The van der Waals surface area contributed by atoms with Gasteiger partial charge in [0.2, 0.25) is 5.95 Å². The van der Waals surface area contributed by atoms with Crippen LogP contribution in [0.4, 0.5) is 5.95 Å². The topological polar surface area (TPSA) is 101 Å². The normalized spacial score (nSPS) is 15.1. The minimum Gasteiger partial charge on any atom is -0.384 e. The Balaban J connectivity index is 1.94. The Bertz CT molecular complexity index is 1100. The van der Waals surface area contributed by atoms with Crippen LogP contribution in [0.3, 0.4) is 0 Å². The van der Waals surface area contributed by atoms with Crippen LogP contribution in [0.5, 0.6) is 0 Å². The van der Waals surface area contributed by atoms with Gasteiger partial charge in [0.05, 0.1) is 12.2 Å². The van der Waals surface area contributed by atoms with Crippen molar-refractivity contribution in [3.8, 4) is 5.82 Å². The highest BCUT2D eigenvalue weighted by atomic mass is 16.3. The SMILES string of the molecule is C=CCn1c(=O)c2cnc(N3CCNCC3)nc2n1-c1cccc(C(C)(C)O)n1. The van der Waals surface area contributed by atoms with Crippen molar-refractivity contribution in [2.24, 2.45) is 0 Å². The standard InChI is InChI=1S/C20H25N7O2/c1-4-10-26-18(28)14-13-22-19(25-11-8-21-9-12-25)24-17(14)27(26)16-7-5-6-15(23-16)20(2,3)29/h4-7,13,21,29H,1,8-12H2,2-3H3. The van der Waals surface area contributed by atoms with Gasteiger partial charge in [-0.1, -0.05) is 12.1 Å². The fourth-order valence-electron chi connectivity index (χ4n) is 3.44. The molecule has 4 heterocycles. The maximum absolute atomic E-state index is 13.0. The molecule has 2 N–H and O–H groups in total. The summed E-state index contributed by atoms with van der Waals surface area (Å²) in [4.78, 5) is 28.8. The van der Waals surface area contributed by atoms with Crippen molar-refractivity contribution in [3.05, 3.63) is 53.1 Å². The lowest BCUT2D eigenvalue weighted by Gasteiger charge is -2.27. The smallest absolute Gasteiger partial charge is 0.278 e. The molecule has 4 rings (SSSR count). The Morgan fingerprint density at radius 3 is 2.72 bits per heavy atom. The van der Waals surface area contributed by atoms with Crippen molar-refractivity contribution < 1.29 is 5.11 Å². The molecule has 0 bridgehead atoms. The van der Waals surface area contributed by atoms with Gasteiger partial charge < -0.3 is 15.3 Å². The Morgan fingerprint density at radius 1 is 1.28 bits per heavy atom. The Morgan fingerprint density at radius 2 is 2.03 bits per heavy atom. The van der Waals surface area contributed by atoms with Crippen LogP contribution in [0, 0.1) is 0 Å². The summed E-state index contributed by atoms with van der Waals surface area (Å²) < 4.78 is 3.21. The van der Waals surface area contributed by atoms with E-state index in [4.69, 9.17) is 4.98 Å². The maximum atomic E-state index is 13.0. The number of allylic oxidation sites excluding steroid dienone is 1. The van der Waals surface area contributed by atoms with E-state index in [-0.39, 0.29) is 5.56 Å². The van der Waals surface area contributed by atoms with E-state index in [0.717, 1.165) is 26.2 Å². The summed E-state index contributed by atoms with van der Waals surface area (Å²) in [6, 6.07) is 5.36. The van der Waals surface area contributed by atoms with Gasteiger partial charge >= 0.3 is 0 Å². The Labute approximate surface area is 168 Å². The summed E-state index contributed by atoms with van der Waals surface area (Å²) in [5, 5.41) is 14.1. The third-order valence-corrected chi connectivity index (χ3v) is 4.94. The molecule has 3 aromatic rings. The number of pyridine rings is 1. The largest absolute Gasteiger partial charge is 0.384 e. The van der Waals surface area contributed by atoms with E-state index in [1.54, 1.807) is 42.9 Å². The first-order chi connectivity index (χ1) is 13.9. The fraction of sp³-hybridized carbons (Fsp3) is 0.400. The molecule has 0 spiro atoms. The van der Waals surface area contributed by atoms with Crippen molar-refractivity contribution in [1.29, 1.82) is 0 Å². The summed E-state index contributed by atoms with van der Waals surface area (Å²) in [6.45, 7) is 10.7. The number of anilines is 1. The Kier molecular flexibility index (Phi) is 4.93. The first-order valence-corrected chi connectivity index (χ1v) is 9.65. The molecule has 9 heteroatoms. The van der Waals surface area contributed by atoms with Gasteiger partial charge in [-0.15, -0.1) is 6.58 Å². The number of piperazine rings is 1. The third kappa shape index (κ3) is 3.54. The number of fused-ring (bicyclic) bond motifs is 1. The highest BCUT2D eigenvalue weighted by Gasteiger charge is 2.22. The number of rotatable bonds is 5. The molecule has 0 radical (unpaired) electrons. The molecule has 0 unspecified atom stereocenters. The molecule has 1 aliphatic heterocycles. The zero-order valence-corrected chi connectivity index (χ0v) is 16.7. The zero-order chi connectivity index (χ0) is 20.6. The molecule has 1 aliphatic rings. The van der Waals surface area contributed by atoms with Crippen molar-refractivity contribution >= 4 is 17.0 Å². The molecule has 3 aromatic heterocycles. The first kappa shape index (κ1) is 19.3. The molecule has 0 saturated carbocycles. The van der Waals surface area contributed by atoms with E-state index in [0.29, 0.717) is 35.0 Å². The number of aromatic nitrogens is 5. The molecule has 0 atom stereocenters. The third-order valence-electron chi connectivity index (χ3n) is 4.94. The predicted molar refractivity (Wildman–Crippen MR) is 111 cm³/mol. The number of nitrogens with one attached hydrogen (secondary N) is 1. The van der Waals surface area contributed by atoms with Crippen LogP contribution in [0.1, 0.15) is 19.5 Å². The molecular weight excluding hydrogens is 370 g/mol. The molecule has 9 nitrogen and oxygen atoms in total. The molecule has 1 saturated heterocycles. The summed E-state index contributed by atoms with van der Waals surface area (Å²) in [5.41, 5.74) is -0.322. The minimum absolute atomic E-state index is 0.206. The van der Waals surface area contributed by atoms with Gasteiger partial charge in [0.25, 0.3) is 5.56 Å². The summed E-state index contributed by atoms with van der Waals surface area (Å²) >= 11 is 0. The van der Waals surface area contributed by atoms with Gasteiger partial charge in [-0.2, -0.15) is 4.98 Å². The second kappa shape index (κ2) is 7.41. The average molecular weight is 395 g/mol. The molecule has 29 heavy (non-hydrogen) atoms. The predicted octanol–water partition coefficient (Wildman–Crippen LogP) is 0.800. The molecule has 152 valence electrons. The molecule has 1 fully saturated rings. The Hall–Kier alpha value is -3.04. The molecular formula is C20H25N7O2. The van der Waals surface area contributed by atoms with Crippen molar-refractivity contribution in [1.82, 2.24) is 29.6 Å². The van der Waals surface area contributed by atoms with Gasteiger partial charge in [-0.05, 0) is 26.0 Å². The van der Waals surface area contributed by atoms with Gasteiger partial charge in [0.15, 0.2) is 11.5 Å². The van der Waals surface area contributed by atoms with E-state index in [9.17, 15) is 9.90 Å². The maximum Gasteiger partial charge on any atom is 0.278 e. The zero-order valence-electron chi connectivity index (χ0n) is 16.7. The summed E-state index contributed by atoms with van der Waals surface area (Å²) in [6.07, 6.45) is 3.24.